The monoisotopic (exact) mass is 499 g/mol. The summed E-state index contributed by atoms with van der Waals surface area (Å²) in [6, 6.07) is 0. The summed E-state index contributed by atoms with van der Waals surface area (Å²) >= 11 is 0. The van der Waals surface area contributed by atoms with Gasteiger partial charge in [-0.1, -0.05) is 93.7 Å². The maximum absolute atomic E-state index is 11.9. The molecule has 0 aliphatic heterocycles. The SMILES string of the molecule is CC/C=C\C/C=C\C/C=C\C/C=C\C/C=C\C/C=C\CC(=O)OCC(C)(C)CC(=O)NCCC(=O)O. The van der Waals surface area contributed by atoms with Gasteiger partial charge in [-0.2, -0.15) is 0 Å². The quantitative estimate of drug-likeness (QED) is 0.145. The molecule has 0 rings (SSSR count). The Morgan fingerprint density at radius 1 is 0.750 bits per heavy atom. The van der Waals surface area contributed by atoms with Gasteiger partial charge < -0.3 is 15.2 Å². The fraction of sp³-hybridized carbons (Fsp3) is 0.500. The largest absolute Gasteiger partial charge is 0.481 e. The molecular weight excluding hydrogens is 454 g/mol. The molecule has 1 amide bonds. The predicted octanol–water partition coefficient (Wildman–Crippen LogP) is 6.62. The van der Waals surface area contributed by atoms with Gasteiger partial charge in [-0.05, 0) is 38.5 Å². The molecule has 0 heterocycles. The molecule has 0 saturated heterocycles. The maximum Gasteiger partial charge on any atom is 0.309 e. The number of rotatable bonds is 20. The Kier molecular flexibility index (Phi) is 20.4. The number of aliphatic carboxylic acids is 1. The fourth-order valence-electron chi connectivity index (χ4n) is 2.89. The highest BCUT2D eigenvalue weighted by molar-refractivity contribution is 5.77. The van der Waals surface area contributed by atoms with Crippen LogP contribution in [0.15, 0.2) is 72.9 Å². The van der Waals surface area contributed by atoms with Gasteiger partial charge in [-0.25, -0.2) is 0 Å². The van der Waals surface area contributed by atoms with Crippen LogP contribution in [0.4, 0.5) is 0 Å². The third kappa shape index (κ3) is 24.0. The standard InChI is InChI=1S/C30H45NO5/c1-4-5-6-7-8-9-10-11-12-13-14-15-16-17-18-19-20-21-22-29(35)36-26-30(2,3)25-27(32)31-24-23-28(33)34/h5-6,8-9,11-12,14-15,17-18,20-21H,4,7,10,13,16,19,22-26H2,1-3H3,(H,31,32)(H,33,34)/b6-5-,9-8-,12-11-,15-14-,18-17-,21-20-. The minimum Gasteiger partial charge on any atom is -0.481 e. The van der Waals surface area contributed by atoms with Gasteiger partial charge in [0.05, 0.1) is 19.4 Å². The van der Waals surface area contributed by atoms with E-state index in [4.69, 9.17) is 9.84 Å². The number of allylic oxidation sites excluding steroid dienone is 11. The predicted molar refractivity (Wildman–Crippen MR) is 147 cm³/mol. The highest BCUT2D eigenvalue weighted by Crippen LogP contribution is 2.20. The molecule has 0 unspecified atom stereocenters. The van der Waals surface area contributed by atoms with Crippen LogP contribution in [-0.2, 0) is 19.1 Å². The summed E-state index contributed by atoms with van der Waals surface area (Å²) in [7, 11) is 0. The van der Waals surface area contributed by atoms with Crippen LogP contribution in [0.1, 0.15) is 78.6 Å². The Labute approximate surface area is 217 Å². The number of hydrogen-bond donors (Lipinski definition) is 2. The number of amides is 1. The van der Waals surface area contributed by atoms with E-state index < -0.39 is 11.4 Å². The van der Waals surface area contributed by atoms with E-state index in [9.17, 15) is 14.4 Å². The van der Waals surface area contributed by atoms with Crippen LogP contribution >= 0.6 is 0 Å². The molecule has 0 aliphatic carbocycles. The molecule has 0 aromatic rings. The zero-order valence-electron chi connectivity index (χ0n) is 22.3. The molecular formula is C30H45NO5. The molecule has 200 valence electrons. The second-order valence-corrected chi connectivity index (χ2v) is 9.11. The van der Waals surface area contributed by atoms with Gasteiger partial charge in [0.2, 0.25) is 5.91 Å². The Bertz CT molecular complexity index is 800. The summed E-state index contributed by atoms with van der Waals surface area (Å²) in [5, 5.41) is 11.2. The molecule has 0 aromatic heterocycles. The average molecular weight is 500 g/mol. The molecule has 0 aromatic carbocycles. The summed E-state index contributed by atoms with van der Waals surface area (Å²) in [6.45, 7) is 6.01. The molecule has 0 aliphatic rings. The van der Waals surface area contributed by atoms with E-state index in [0.717, 1.165) is 38.5 Å². The first-order valence-corrected chi connectivity index (χ1v) is 12.8. The normalized spacial score (nSPS) is 12.8. The van der Waals surface area contributed by atoms with Crippen molar-refractivity contribution in [3.63, 3.8) is 0 Å². The molecule has 6 nitrogen and oxygen atoms in total. The highest BCUT2D eigenvalue weighted by atomic mass is 16.5. The number of carbonyl (C=O) groups is 3. The second-order valence-electron chi connectivity index (χ2n) is 9.11. The number of esters is 1. The van der Waals surface area contributed by atoms with Crippen LogP contribution in [0, 0.1) is 5.41 Å². The smallest absolute Gasteiger partial charge is 0.309 e. The first-order chi connectivity index (χ1) is 17.3. The average Bonchev–Trinajstić information content (AvgIpc) is 2.81. The molecule has 36 heavy (non-hydrogen) atoms. The van der Waals surface area contributed by atoms with Crippen molar-refractivity contribution < 1.29 is 24.2 Å². The number of carboxylic acids is 1. The van der Waals surface area contributed by atoms with Crippen molar-refractivity contribution in [2.45, 2.75) is 78.6 Å². The zero-order chi connectivity index (χ0) is 26.9. The van der Waals surface area contributed by atoms with Crippen molar-refractivity contribution in [3.05, 3.63) is 72.9 Å². The molecule has 0 atom stereocenters. The van der Waals surface area contributed by atoms with Gasteiger partial charge in [0.15, 0.2) is 0 Å². The van der Waals surface area contributed by atoms with Gasteiger partial charge >= 0.3 is 11.9 Å². The molecule has 0 saturated carbocycles. The van der Waals surface area contributed by atoms with Crippen molar-refractivity contribution >= 4 is 17.8 Å². The third-order valence-corrected chi connectivity index (χ3v) is 4.81. The minimum absolute atomic E-state index is 0.0900. The Morgan fingerprint density at radius 3 is 1.64 bits per heavy atom. The van der Waals surface area contributed by atoms with Crippen LogP contribution in [0.25, 0.3) is 0 Å². The third-order valence-electron chi connectivity index (χ3n) is 4.81. The van der Waals surface area contributed by atoms with Crippen LogP contribution in [0.2, 0.25) is 0 Å². The van der Waals surface area contributed by atoms with E-state index >= 15 is 0 Å². The van der Waals surface area contributed by atoms with Crippen molar-refractivity contribution in [3.8, 4) is 0 Å². The van der Waals surface area contributed by atoms with E-state index in [0.29, 0.717) is 0 Å². The van der Waals surface area contributed by atoms with E-state index in [1.165, 1.54) is 0 Å². The van der Waals surface area contributed by atoms with Gasteiger partial charge in [0.25, 0.3) is 0 Å². The lowest BCUT2D eigenvalue weighted by molar-refractivity contribution is -0.147. The summed E-state index contributed by atoms with van der Waals surface area (Å²) < 4.78 is 5.28. The molecule has 0 bridgehead atoms. The summed E-state index contributed by atoms with van der Waals surface area (Å²) in [4.78, 5) is 34.3. The van der Waals surface area contributed by atoms with Gasteiger partial charge in [-0.3, -0.25) is 14.4 Å². The van der Waals surface area contributed by atoms with Crippen molar-refractivity contribution in [2.75, 3.05) is 13.2 Å². The van der Waals surface area contributed by atoms with E-state index in [2.05, 4.69) is 73.0 Å². The maximum atomic E-state index is 11.9. The number of nitrogens with one attached hydrogen (secondary N) is 1. The first kappa shape index (κ1) is 32.8. The lowest BCUT2D eigenvalue weighted by Crippen LogP contribution is -2.33. The lowest BCUT2D eigenvalue weighted by Gasteiger charge is -2.23. The van der Waals surface area contributed by atoms with E-state index in [-0.39, 0.29) is 44.3 Å². The minimum atomic E-state index is -0.960. The Morgan fingerprint density at radius 2 is 1.19 bits per heavy atom. The summed E-state index contributed by atoms with van der Waals surface area (Å²) in [6.07, 6.45) is 31.1. The summed E-state index contributed by atoms with van der Waals surface area (Å²) in [5.74, 6) is -1.55. The molecule has 6 heteroatoms. The fourth-order valence-corrected chi connectivity index (χ4v) is 2.89. The Balaban J connectivity index is 3.87. The van der Waals surface area contributed by atoms with Crippen molar-refractivity contribution in [1.29, 1.82) is 0 Å². The number of carbonyl (C=O) groups excluding carboxylic acids is 2. The van der Waals surface area contributed by atoms with Crippen molar-refractivity contribution in [1.82, 2.24) is 5.32 Å². The van der Waals surface area contributed by atoms with Gasteiger partial charge in [-0.15, -0.1) is 0 Å². The van der Waals surface area contributed by atoms with E-state index in [1.807, 2.05) is 19.9 Å². The molecule has 0 radical (unpaired) electrons. The molecule has 0 fully saturated rings. The van der Waals surface area contributed by atoms with Crippen molar-refractivity contribution in [2.24, 2.45) is 5.41 Å². The second kappa shape index (κ2) is 22.3. The first-order valence-electron chi connectivity index (χ1n) is 12.8. The van der Waals surface area contributed by atoms with Crippen LogP contribution in [0.3, 0.4) is 0 Å². The topological polar surface area (TPSA) is 92.7 Å². The van der Waals surface area contributed by atoms with Gasteiger partial charge in [0.1, 0.15) is 0 Å². The lowest BCUT2D eigenvalue weighted by atomic mass is 9.90. The van der Waals surface area contributed by atoms with Crippen LogP contribution in [-0.4, -0.2) is 36.1 Å². The molecule has 2 N–H and O–H groups in total. The number of hydrogen-bond acceptors (Lipinski definition) is 4. The number of ether oxygens (including phenoxy) is 1. The van der Waals surface area contributed by atoms with Crippen LogP contribution < -0.4 is 5.32 Å². The highest BCUT2D eigenvalue weighted by Gasteiger charge is 2.24. The Hall–Kier alpha value is -3.15. The zero-order valence-corrected chi connectivity index (χ0v) is 22.3. The number of carboxylic acid groups (broad SMARTS) is 1. The van der Waals surface area contributed by atoms with Crippen LogP contribution in [0.5, 0.6) is 0 Å². The summed E-state index contributed by atoms with van der Waals surface area (Å²) in [5.41, 5.74) is -0.526. The van der Waals surface area contributed by atoms with E-state index in [1.54, 1.807) is 6.08 Å². The van der Waals surface area contributed by atoms with Gasteiger partial charge in [0, 0.05) is 18.4 Å². The molecule has 0 spiro atoms.